The van der Waals surface area contributed by atoms with E-state index in [-0.39, 0.29) is 18.0 Å². The van der Waals surface area contributed by atoms with E-state index in [0.717, 1.165) is 5.56 Å². The van der Waals surface area contributed by atoms with Gasteiger partial charge in [0.25, 0.3) is 0 Å². The molecule has 1 aromatic heterocycles. The van der Waals surface area contributed by atoms with Crippen LogP contribution in [0, 0.1) is 5.82 Å². The molecule has 5 heteroatoms. The SMILES string of the molecule is CC(N)C(Oc1cc(F)ccc1Cl)c1ccsc1. The van der Waals surface area contributed by atoms with Gasteiger partial charge in [-0.3, -0.25) is 0 Å². The first-order valence-corrected chi connectivity index (χ1v) is 6.79. The summed E-state index contributed by atoms with van der Waals surface area (Å²) in [6.07, 6.45) is -0.337. The van der Waals surface area contributed by atoms with Crippen LogP contribution in [0.3, 0.4) is 0 Å². The van der Waals surface area contributed by atoms with Crippen LogP contribution in [0.15, 0.2) is 35.0 Å². The van der Waals surface area contributed by atoms with Gasteiger partial charge < -0.3 is 10.5 Å². The molecule has 0 aliphatic rings. The fraction of sp³-hybridized carbons (Fsp3) is 0.231. The number of nitrogens with two attached hydrogens (primary N) is 1. The molecule has 2 unspecified atom stereocenters. The van der Waals surface area contributed by atoms with Crippen molar-refractivity contribution in [3.8, 4) is 5.75 Å². The van der Waals surface area contributed by atoms with E-state index in [9.17, 15) is 4.39 Å². The van der Waals surface area contributed by atoms with Crippen LogP contribution in [0.25, 0.3) is 0 Å². The lowest BCUT2D eigenvalue weighted by molar-refractivity contribution is 0.180. The highest BCUT2D eigenvalue weighted by atomic mass is 35.5. The van der Waals surface area contributed by atoms with E-state index in [0.29, 0.717) is 10.8 Å². The molecule has 0 fully saturated rings. The third-order valence-corrected chi connectivity index (χ3v) is 3.51. The predicted molar refractivity (Wildman–Crippen MR) is 72.7 cm³/mol. The van der Waals surface area contributed by atoms with E-state index < -0.39 is 0 Å². The lowest BCUT2D eigenvalue weighted by Gasteiger charge is -2.22. The Balaban J connectivity index is 2.27. The summed E-state index contributed by atoms with van der Waals surface area (Å²) in [5.74, 6) is -0.0756. The van der Waals surface area contributed by atoms with Crippen LogP contribution >= 0.6 is 22.9 Å². The zero-order chi connectivity index (χ0) is 13.1. The molecule has 18 heavy (non-hydrogen) atoms. The van der Waals surface area contributed by atoms with Gasteiger partial charge in [-0.15, -0.1) is 0 Å². The van der Waals surface area contributed by atoms with Gasteiger partial charge in [0.1, 0.15) is 17.7 Å². The molecule has 2 nitrogen and oxygen atoms in total. The molecule has 0 aliphatic carbocycles. The lowest BCUT2D eigenvalue weighted by atomic mass is 10.1. The Morgan fingerprint density at radius 2 is 2.17 bits per heavy atom. The van der Waals surface area contributed by atoms with Gasteiger partial charge in [-0.1, -0.05) is 11.6 Å². The summed E-state index contributed by atoms with van der Waals surface area (Å²) in [4.78, 5) is 0. The molecular weight excluding hydrogens is 273 g/mol. The van der Waals surface area contributed by atoms with Crippen molar-refractivity contribution in [3.05, 3.63) is 51.4 Å². The molecule has 2 N–H and O–H groups in total. The minimum Gasteiger partial charge on any atom is -0.482 e. The van der Waals surface area contributed by atoms with Crippen LogP contribution < -0.4 is 10.5 Å². The van der Waals surface area contributed by atoms with Crippen molar-refractivity contribution in [1.82, 2.24) is 0 Å². The Bertz CT molecular complexity index is 516. The molecule has 0 saturated carbocycles. The summed E-state index contributed by atoms with van der Waals surface area (Å²) in [6.45, 7) is 1.84. The zero-order valence-electron chi connectivity index (χ0n) is 9.77. The molecule has 2 atom stereocenters. The maximum atomic E-state index is 13.2. The second-order valence-corrected chi connectivity index (χ2v) is 5.22. The van der Waals surface area contributed by atoms with Gasteiger partial charge in [0.2, 0.25) is 0 Å². The summed E-state index contributed by atoms with van der Waals surface area (Å²) in [6, 6.07) is 5.74. The number of halogens is 2. The maximum Gasteiger partial charge on any atom is 0.141 e. The molecule has 1 aromatic carbocycles. The molecule has 0 saturated heterocycles. The highest BCUT2D eigenvalue weighted by Crippen LogP contribution is 2.31. The molecule has 0 bridgehead atoms. The van der Waals surface area contributed by atoms with Gasteiger partial charge in [-0.2, -0.15) is 11.3 Å². The van der Waals surface area contributed by atoms with Crippen LogP contribution in [0.4, 0.5) is 4.39 Å². The lowest BCUT2D eigenvalue weighted by Crippen LogP contribution is -2.28. The average molecular weight is 286 g/mol. The summed E-state index contributed by atoms with van der Waals surface area (Å²) >= 11 is 7.54. The van der Waals surface area contributed by atoms with Gasteiger partial charge in [0, 0.05) is 17.7 Å². The average Bonchev–Trinajstić information content (AvgIpc) is 2.83. The van der Waals surface area contributed by atoms with Crippen molar-refractivity contribution in [2.45, 2.75) is 19.1 Å². The van der Waals surface area contributed by atoms with Crippen LogP contribution in [-0.2, 0) is 0 Å². The summed E-state index contributed by atoms with van der Waals surface area (Å²) in [5.41, 5.74) is 6.87. The second-order valence-electron chi connectivity index (χ2n) is 4.03. The Kier molecular flexibility index (Phi) is 4.22. The first kappa shape index (κ1) is 13.3. The Labute approximate surface area is 114 Å². The summed E-state index contributed by atoms with van der Waals surface area (Å²) in [5, 5.41) is 4.28. The number of rotatable bonds is 4. The van der Waals surface area contributed by atoms with E-state index >= 15 is 0 Å². The predicted octanol–water partition coefficient (Wildman–Crippen LogP) is 4.01. The van der Waals surface area contributed by atoms with E-state index in [1.165, 1.54) is 18.2 Å². The van der Waals surface area contributed by atoms with Gasteiger partial charge in [-0.05, 0) is 35.9 Å². The standard InChI is InChI=1S/C13H13ClFNOS/c1-8(16)13(9-4-5-18-7-9)17-12-6-10(15)2-3-11(12)14/h2-8,13H,16H2,1H3. The number of ether oxygens (including phenoxy) is 1. The van der Waals surface area contributed by atoms with Crippen molar-refractivity contribution >= 4 is 22.9 Å². The van der Waals surface area contributed by atoms with Gasteiger partial charge in [-0.25, -0.2) is 4.39 Å². The van der Waals surface area contributed by atoms with Crippen molar-refractivity contribution in [2.75, 3.05) is 0 Å². The zero-order valence-corrected chi connectivity index (χ0v) is 11.3. The molecule has 96 valence electrons. The topological polar surface area (TPSA) is 35.2 Å². The molecule has 2 rings (SSSR count). The molecule has 1 heterocycles. The number of hydrogen-bond donors (Lipinski definition) is 1. The fourth-order valence-electron chi connectivity index (χ4n) is 1.62. The van der Waals surface area contributed by atoms with Crippen molar-refractivity contribution < 1.29 is 9.13 Å². The van der Waals surface area contributed by atoms with Gasteiger partial charge in [0.05, 0.1) is 5.02 Å². The minimum atomic E-state index is -0.386. The molecule has 0 amide bonds. The maximum absolute atomic E-state index is 13.2. The monoisotopic (exact) mass is 285 g/mol. The van der Waals surface area contributed by atoms with Crippen LogP contribution in [0.5, 0.6) is 5.75 Å². The third kappa shape index (κ3) is 3.02. The number of hydrogen-bond acceptors (Lipinski definition) is 3. The van der Waals surface area contributed by atoms with Crippen LogP contribution in [-0.4, -0.2) is 6.04 Å². The smallest absolute Gasteiger partial charge is 0.141 e. The second kappa shape index (κ2) is 5.69. The Hall–Kier alpha value is -1.10. The summed E-state index contributed by atoms with van der Waals surface area (Å²) < 4.78 is 18.9. The number of thiophene rings is 1. The first-order chi connectivity index (χ1) is 8.58. The van der Waals surface area contributed by atoms with Crippen molar-refractivity contribution in [2.24, 2.45) is 5.73 Å². The van der Waals surface area contributed by atoms with Gasteiger partial charge >= 0.3 is 0 Å². The van der Waals surface area contributed by atoms with E-state index in [4.69, 9.17) is 22.1 Å². The first-order valence-electron chi connectivity index (χ1n) is 5.47. The molecule has 0 radical (unpaired) electrons. The summed E-state index contributed by atoms with van der Waals surface area (Å²) in [7, 11) is 0. The molecule has 0 aliphatic heterocycles. The normalized spacial score (nSPS) is 14.2. The number of benzene rings is 1. The largest absolute Gasteiger partial charge is 0.482 e. The van der Waals surface area contributed by atoms with Gasteiger partial charge in [0.15, 0.2) is 0 Å². The highest BCUT2D eigenvalue weighted by molar-refractivity contribution is 7.07. The van der Waals surface area contributed by atoms with Crippen LogP contribution in [0.2, 0.25) is 5.02 Å². The fourth-order valence-corrected chi connectivity index (χ4v) is 2.47. The Morgan fingerprint density at radius 3 is 2.78 bits per heavy atom. The third-order valence-electron chi connectivity index (χ3n) is 2.50. The molecular formula is C13H13ClFNOS. The molecule has 2 aromatic rings. The van der Waals surface area contributed by atoms with E-state index in [1.807, 2.05) is 23.8 Å². The quantitative estimate of drug-likeness (QED) is 0.921. The van der Waals surface area contributed by atoms with Crippen molar-refractivity contribution in [3.63, 3.8) is 0 Å². The van der Waals surface area contributed by atoms with Crippen molar-refractivity contribution in [1.29, 1.82) is 0 Å². The van der Waals surface area contributed by atoms with Crippen LogP contribution in [0.1, 0.15) is 18.6 Å². The molecule has 0 spiro atoms. The Morgan fingerprint density at radius 1 is 1.39 bits per heavy atom. The minimum absolute atomic E-state index is 0.223. The van der Waals surface area contributed by atoms with E-state index in [1.54, 1.807) is 11.3 Å². The highest BCUT2D eigenvalue weighted by Gasteiger charge is 2.20. The van der Waals surface area contributed by atoms with E-state index in [2.05, 4.69) is 0 Å².